The zero-order chi connectivity index (χ0) is 14.8. The molecule has 0 aliphatic rings. The molecule has 11 heteroatoms. The minimum absolute atomic E-state index is 0.518. The fourth-order valence-corrected chi connectivity index (χ4v) is 1.83. The van der Waals surface area contributed by atoms with E-state index in [4.69, 9.17) is 0 Å². The summed E-state index contributed by atoms with van der Waals surface area (Å²) in [4.78, 5) is 12.3. The second kappa shape index (κ2) is 4.99. The summed E-state index contributed by atoms with van der Waals surface area (Å²) in [6.45, 7) is 0. The highest BCUT2D eigenvalue weighted by atomic mass is 32.2. The lowest BCUT2D eigenvalue weighted by Gasteiger charge is -2.18. The molecular formula is C8H4F5NO4S. The Balaban J connectivity index is 3.29. The Labute approximate surface area is 103 Å². The van der Waals surface area contributed by atoms with E-state index < -0.39 is 37.3 Å². The number of hydrogen-bond acceptors (Lipinski definition) is 4. The highest BCUT2D eigenvalue weighted by Gasteiger charge is 2.59. The molecule has 0 saturated heterocycles. The molecule has 1 rings (SSSR count). The van der Waals surface area contributed by atoms with Crippen LogP contribution in [-0.4, -0.2) is 19.6 Å². The van der Waals surface area contributed by atoms with Gasteiger partial charge in [-0.1, -0.05) is 21.1 Å². The number of para-hydroxylation sites is 1. The third-order valence-electron chi connectivity index (χ3n) is 1.88. The average Bonchev–Trinajstić information content (AvgIpc) is 2.37. The van der Waals surface area contributed by atoms with Crippen LogP contribution >= 0.6 is 0 Å². The Morgan fingerprint density at radius 3 is 2.26 bits per heavy atom. The van der Waals surface area contributed by atoms with Crippen LogP contribution in [0.3, 0.4) is 0 Å². The zero-order valence-corrected chi connectivity index (χ0v) is 9.50. The first-order chi connectivity index (χ1) is 8.66. The molecule has 0 fully saturated rings. The first-order valence-corrected chi connectivity index (χ1v) is 5.76. The van der Waals surface area contributed by atoms with Crippen LogP contribution in [0.4, 0.5) is 27.9 Å². The summed E-state index contributed by atoms with van der Waals surface area (Å²) >= 11 is 0. The molecule has 106 valence electrons. The van der Waals surface area contributed by atoms with Crippen molar-refractivity contribution in [2.45, 2.75) is 5.25 Å². The van der Waals surface area contributed by atoms with Gasteiger partial charge in [0.1, 0.15) is 11.5 Å². The fourth-order valence-electron chi connectivity index (χ4n) is 0.975. The van der Waals surface area contributed by atoms with Crippen molar-refractivity contribution in [1.29, 1.82) is 0 Å². The standard InChI is InChI=1S/C8H4F5NO4S/c9-5-3-1-2-4-6(5)14(12)19(16,17)8(10,11)7(15)18-13/h1-4H. The number of benzene rings is 1. The van der Waals surface area contributed by atoms with Gasteiger partial charge in [-0.3, -0.25) is 0 Å². The SMILES string of the molecule is O=C(OF)C(F)(F)S(=O)(=O)N(F)c1ccccc1F. The molecule has 0 unspecified atom stereocenters. The monoisotopic (exact) mass is 305 g/mol. The first-order valence-electron chi connectivity index (χ1n) is 4.32. The van der Waals surface area contributed by atoms with Gasteiger partial charge in [-0.2, -0.15) is 17.2 Å². The second-order valence-electron chi connectivity index (χ2n) is 3.05. The quantitative estimate of drug-likeness (QED) is 0.629. The number of carbonyl (C=O) groups excluding carboxylic acids is 1. The van der Waals surface area contributed by atoms with Crippen molar-refractivity contribution >= 4 is 21.7 Å². The van der Waals surface area contributed by atoms with Gasteiger partial charge in [-0.25, -0.2) is 14.1 Å². The minimum Gasteiger partial charge on any atom is -0.247 e. The van der Waals surface area contributed by atoms with Gasteiger partial charge in [-0.15, -0.1) is 0 Å². The van der Waals surface area contributed by atoms with E-state index in [1.54, 1.807) is 0 Å². The van der Waals surface area contributed by atoms with E-state index in [9.17, 15) is 35.4 Å². The molecule has 0 radical (unpaired) electrons. The van der Waals surface area contributed by atoms with Crippen LogP contribution in [0.5, 0.6) is 0 Å². The molecule has 0 heterocycles. The lowest BCUT2D eigenvalue weighted by Crippen LogP contribution is -2.45. The predicted molar refractivity (Wildman–Crippen MR) is 51.1 cm³/mol. The predicted octanol–water partition coefficient (Wildman–Crippen LogP) is 1.87. The average molecular weight is 305 g/mol. The van der Waals surface area contributed by atoms with Gasteiger partial charge >= 0.3 is 21.2 Å². The summed E-state index contributed by atoms with van der Waals surface area (Å²) in [6.07, 6.45) is 0. The lowest BCUT2D eigenvalue weighted by atomic mass is 10.3. The van der Waals surface area contributed by atoms with E-state index in [1.807, 2.05) is 0 Å². The van der Waals surface area contributed by atoms with Crippen LogP contribution in [0.1, 0.15) is 0 Å². The van der Waals surface area contributed by atoms with Crippen molar-refractivity contribution < 1.29 is 40.3 Å². The maximum absolute atomic E-state index is 13.4. The van der Waals surface area contributed by atoms with Crippen LogP contribution in [0.2, 0.25) is 0 Å². The maximum atomic E-state index is 13.4. The number of hydrogen-bond donors (Lipinski definition) is 0. The van der Waals surface area contributed by atoms with Crippen molar-refractivity contribution in [2.24, 2.45) is 0 Å². The summed E-state index contributed by atoms with van der Waals surface area (Å²) in [5.41, 5.74) is -1.39. The Kier molecular flexibility index (Phi) is 3.98. The van der Waals surface area contributed by atoms with E-state index in [1.165, 1.54) is 0 Å². The van der Waals surface area contributed by atoms with Crippen LogP contribution in [0, 0.1) is 5.82 Å². The maximum Gasteiger partial charge on any atom is 0.465 e. The Hall–Kier alpha value is -1.91. The van der Waals surface area contributed by atoms with Crippen LogP contribution in [0.25, 0.3) is 0 Å². The highest BCUT2D eigenvalue weighted by Crippen LogP contribution is 2.32. The van der Waals surface area contributed by atoms with Gasteiger partial charge in [-0.05, 0) is 12.1 Å². The number of halogens is 5. The van der Waals surface area contributed by atoms with Gasteiger partial charge < -0.3 is 0 Å². The van der Waals surface area contributed by atoms with Crippen molar-refractivity contribution in [2.75, 3.05) is 4.53 Å². The van der Waals surface area contributed by atoms with E-state index in [0.717, 1.165) is 12.1 Å². The normalized spacial score (nSPS) is 12.1. The molecule has 1 aromatic carbocycles. The number of alkyl halides is 2. The lowest BCUT2D eigenvalue weighted by molar-refractivity contribution is -0.201. The van der Waals surface area contributed by atoms with E-state index in [0.29, 0.717) is 12.1 Å². The minimum atomic E-state index is -6.35. The smallest absolute Gasteiger partial charge is 0.247 e. The molecule has 1 aromatic rings. The van der Waals surface area contributed by atoms with Crippen molar-refractivity contribution in [3.05, 3.63) is 30.1 Å². The summed E-state index contributed by atoms with van der Waals surface area (Å²) < 4.78 is 84.2. The van der Waals surface area contributed by atoms with Gasteiger partial charge in [0.15, 0.2) is 0 Å². The number of rotatable bonds is 4. The van der Waals surface area contributed by atoms with Gasteiger partial charge in [0.2, 0.25) is 0 Å². The second-order valence-corrected chi connectivity index (χ2v) is 4.84. The molecule has 0 aliphatic carbocycles. The van der Waals surface area contributed by atoms with E-state index >= 15 is 0 Å². The van der Waals surface area contributed by atoms with Gasteiger partial charge in [0, 0.05) is 4.53 Å². The first kappa shape index (κ1) is 15.1. The van der Waals surface area contributed by atoms with Crippen molar-refractivity contribution in [1.82, 2.24) is 0 Å². The summed E-state index contributed by atoms with van der Waals surface area (Å²) in [5, 5.41) is -5.56. The largest absolute Gasteiger partial charge is 0.465 e. The fraction of sp³-hybridized carbons (Fsp3) is 0.125. The molecule has 5 nitrogen and oxygen atoms in total. The number of nitrogens with zero attached hydrogens (tertiary/aromatic N) is 1. The summed E-state index contributed by atoms with van der Waals surface area (Å²) in [7, 11) is -6.35. The van der Waals surface area contributed by atoms with Crippen LogP contribution in [-0.2, 0) is 19.8 Å². The number of anilines is 1. The summed E-state index contributed by atoms with van der Waals surface area (Å²) in [6, 6.07) is 3.09. The molecule has 0 aromatic heterocycles. The molecule has 0 bridgehead atoms. The van der Waals surface area contributed by atoms with Crippen molar-refractivity contribution in [3.63, 3.8) is 0 Å². The Morgan fingerprint density at radius 1 is 1.26 bits per heavy atom. The van der Waals surface area contributed by atoms with E-state index in [2.05, 4.69) is 4.94 Å². The third-order valence-corrected chi connectivity index (χ3v) is 3.32. The molecule has 0 atom stereocenters. The molecule has 0 amide bonds. The molecule has 0 spiro atoms. The molecule has 19 heavy (non-hydrogen) atoms. The zero-order valence-electron chi connectivity index (χ0n) is 8.69. The number of carbonyl (C=O) groups is 1. The van der Waals surface area contributed by atoms with Gasteiger partial charge in [0.05, 0.1) is 0 Å². The highest BCUT2D eigenvalue weighted by molar-refractivity contribution is 7.94. The molecule has 0 N–H and O–H groups in total. The van der Waals surface area contributed by atoms with Crippen LogP contribution in [0.15, 0.2) is 24.3 Å². The van der Waals surface area contributed by atoms with Crippen molar-refractivity contribution in [3.8, 4) is 0 Å². The Bertz CT molecular complexity index is 591. The summed E-state index contributed by atoms with van der Waals surface area (Å²) in [5.74, 6) is -4.63. The molecular weight excluding hydrogens is 301 g/mol. The topological polar surface area (TPSA) is 63.7 Å². The van der Waals surface area contributed by atoms with E-state index in [-0.39, 0.29) is 0 Å². The Morgan fingerprint density at radius 2 is 1.79 bits per heavy atom. The van der Waals surface area contributed by atoms with Crippen LogP contribution < -0.4 is 4.53 Å². The molecule has 0 aliphatic heterocycles. The molecule has 0 saturated carbocycles. The van der Waals surface area contributed by atoms with Gasteiger partial charge in [0.25, 0.3) is 0 Å². The third kappa shape index (κ3) is 2.45. The number of sulfonamides is 1.